The third-order valence-corrected chi connectivity index (χ3v) is 3.21. The fraction of sp³-hybridized carbons (Fsp3) is 0.0625. The maximum Gasteiger partial charge on any atom is 0.269 e. The van der Waals surface area contributed by atoms with E-state index in [-0.39, 0.29) is 17.9 Å². The quantitative estimate of drug-likeness (QED) is 0.414. The first-order valence-corrected chi connectivity index (χ1v) is 6.38. The Labute approximate surface area is 120 Å². The lowest BCUT2D eigenvalue weighted by atomic mass is 10.1. The van der Waals surface area contributed by atoms with Crippen molar-refractivity contribution in [2.45, 2.75) is 6.42 Å². The molecule has 0 aliphatic carbocycles. The smallest absolute Gasteiger partial charge is 0.269 e. The van der Waals surface area contributed by atoms with Crippen LogP contribution in [0.5, 0.6) is 0 Å². The normalized spacial score (nSPS) is 10.7. The fourth-order valence-corrected chi connectivity index (χ4v) is 2.13. The lowest BCUT2D eigenvalue weighted by Crippen LogP contribution is -2.02. The zero-order chi connectivity index (χ0) is 14.8. The molecule has 5 nitrogen and oxygen atoms in total. The zero-order valence-corrected chi connectivity index (χ0v) is 11.0. The average Bonchev–Trinajstić information content (AvgIpc) is 2.92. The molecule has 0 aliphatic heterocycles. The van der Waals surface area contributed by atoms with Gasteiger partial charge in [-0.25, -0.2) is 0 Å². The van der Waals surface area contributed by atoms with Crippen molar-refractivity contribution in [3.8, 4) is 0 Å². The van der Waals surface area contributed by atoms with E-state index in [1.165, 1.54) is 12.1 Å². The second kappa shape index (κ2) is 5.20. The largest absolute Gasteiger partial charge is 0.453 e. The molecule has 0 saturated carbocycles. The summed E-state index contributed by atoms with van der Waals surface area (Å²) in [6.07, 6.45) is 0.151. The summed E-state index contributed by atoms with van der Waals surface area (Å²) in [6.45, 7) is 0. The summed E-state index contributed by atoms with van der Waals surface area (Å²) in [5.74, 6) is 0.148. The number of hydrogen-bond acceptors (Lipinski definition) is 4. The van der Waals surface area contributed by atoms with Crippen LogP contribution in [-0.4, -0.2) is 10.7 Å². The Kier molecular flexibility index (Phi) is 3.23. The van der Waals surface area contributed by atoms with Gasteiger partial charge in [0.15, 0.2) is 5.76 Å². The van der Waals surface area contributed by atoms with Gasteiger partial charge in [-0.2, -0.15) is 0 Å². The van der Waals surface area contributed by atoms with Gasteiger partial charge in [-0.15, -0.1) is 0 Å². The van der Waals surface area contributed by atoms with Crippen LogP contribution >= 0.6 is 0 Å². The number of carbonyl (C=O) groups is 1. The number of carbonyl (C=O) groups excluding carboxylic acids is 1. The monoisotopic (exact) mass is 281 g/mol. The van der Waals surface area contributed by atoms with Gasteiger partial charge in [0.25, 0.3) is 5.69 Å². The number of Topliss-reactive ketones (excluding diaryl/α,β-unsaturated/α-hetero) is 1. The molecule has 0 radical (unpaired) electrons. The third kappa shape index (κ3) is 2.67. The Balaban J connectivity index is 1.80. The number of nitro groups is 1. The summed E-state index contributed by atoms with van der Waals surface area (Å²) in [7, 11) is 0. The van der Waals surface area contributed by atoms with Gasteiger partial charge >= 0.3 is 0 Å². The van der Waals surface area contributed by atoms with Crippen LogP contribution in [0.2, 0.25) is 0 Å². The first kappa shape index (κ1) is 13.1. The number of rotatable bonds is 4. The number of non-ortho nitro benzene ring substituents is 1. The van der Waals surface area contributed by atoms with Gasteiger partial charge in [0.1, 0.15) is 5.58 Å². The van der Waals surface area contributed by atoms with E-state index < -0.39 is 4.92 Å². The van der Waals surface area contributed by atoms with Crippen LogP contribution < -0.4 is 0 Å². The number of benzene rings is 2. The first-order chi connectivity index (χ1) is 10.1. The lowest BCUT2D eigenvalue weighted by molar-refractivity contribution is -0.384. The second-order valence-electron chi connectivity index (χ2n) is 4.67. The highest BCUT2D eigenvalue weighted by molar-refractivity contribution is 5.98. The maximum absolute atomic E-state index is 12.2. The van der Waals surface area contributed by atoms with Crippen molar-refractivity contribution >= 4 is 22.4 Å². The van der Waals surface area contributed by atoms with Gasteiger partial charge in [0, 0.05) is 23.9 Å². The van der Waals surface area contributed by atoms with E-state index in [2.05, 4.69) is 0 Å². The molecule has 2 aromatic carbocycles. The van der Waals surface area contributed by atoms with Gasteiger partial charge in [0.05, 0.1) is 4.92 Å². The van der Waals surface area contributed by atoms with Crippen molar-refractivity contribution < 1.29 is 14.1 Å². The molecule has 21 heavy (non-hydrogen) atoms. The number of hydrogen-bond donors (Lipinski definition) is 0. The van der Waals surface area contributed by atoms with Crippen molar-refractivity contribution in [1.82, 2.24) is 0 Å². The highest BCUT2D eigenvalue weighted by Crippen LogP contribution is 2.20. The van der Waals surface area contributed by atoms with Crippen LogP contribution in [0, 0.1) is 10.1 Å². The molecule has 0 fully saturated rings. The molecule has 0 saturated heterocycles. The molecule has 0 aliphatic rings. The number of fused-ring (bicyclic) bond motifs is 1. The van der Waals surface area contributed by atoms with E-state index in [0.29, 0.717) is 16.9 Å². The molecule has 1 aromatic heterocycles. The van der Waals surface area contributed by atoms with E-state index in [0.717, 1.165) is 5.39 Å². The number of furan rings is 1. The molecule has 0 amide bonds. The Morgan fingerprint density at radius 2 is 1.81 bits per heavy atom. The number of para-hydroxylation sites is 1. The molecular formula is C16H11NO4. The minimum absolute atomic E-state index is 0.00920. The Bertz CT molecular complexity index is 785. The van der Waals surface area contributed by atoms with Crippen LogP contribution in [0.3, 0.4) is 0 Å². The SMILES string of the molecule is O=C(Cc1ccc([N+](=O)[O-])cc1)c1cc2ccccc2o1. The predicted molar refractivity (Wildman–Crippen MR) is 77.3 cm³/mol. The van der Waals surface area contributed by atoms with E-state index in [1.807, 2.05) is 18.2 Å². The van der Waals surface area contributed by atoms with Crippen LogP contribution in [0.25, 0.3) is 11.0 Å². The van der Waals surface area contributed by atoms with Crippen molar-refractivity contribution in [3.05, 3.63) is 76.0 Å². The molecule has 3 aromatic rings. The third-order valence-electron chi connectivity index (χ3n) is 3.21. The average molecular weight is 281 g/mol. The summed E-state index contributed by atoms with van der Waals surface area (Å²) in [6, 6.07) is 15.1. The lowest BCUT2D eigenvalue weighted by Gasteiger charge is -1.98. The van der Waals surface area contributed by atoms with Crippen molar-refractivity contribution in [2.24, 2.45) is 0 Å². The highest BCUT2D eigenvalue weighted by Gasteiger charge is 2.13. The van der Waals surface area contributed by atoms with Crippen LogP contribution in [-0.2, 0) is 6.42 Å². The highest BCUT2D eigenvalue weighted by atomic mass is 16.6. The number of ketones is 1. The van der Waals surface area contributed by atoms with E-state index in [9.17, 15) is 14.9 Å². The number of nitro benzene ring substituents is 1. The zero-order valence-electron chi connectivity index (χ0n) is 11.0. The van der Waals surface area contributed by atoms with E-state index in [4.69, 9.17) is 4.42 Å². The molecule has 104 valence electrons. The summed E-state index contributed by atoms with van der Waals surface area (Å²) in [5, 5.41) is 11.5. The van der Waals surface area contributed by atoms with Crippen LogP contribution in [0.1, 0.15) is 16.1 Å². The van der Waals surface area contributed by atoms with Gasteiger partial charge in [-0.1, -0.05) is 30.3 Å². The molecule has 5 heteroatoms. The molecular weight excluding hydrogens is 270 g/mol. The van der Waals surface area contributed by atoms with E-state index >= 15 is 0 Å². The second-order valence-corrected chi connectivity index (χ2v) is 4.67. The molecule has 0 N–H and O–H groups in total. The molecule has 0 spiro atoms. The molecule has 0 atom stereocenters. The molecule has 1 heterocycles. The summed E-state index contributed by atoms with van der Waals surface area (Å²) >= 11 is 0. The van der Waals surface area contributed by atoms with E-state index in [1.54, 1.807) is 24.3 Å². The summed E-state index contributed by atoms with van der Waals surface area (Å²) < 4.78 is 5.51. The molecule has 0 unspecified atom stereocenters. The summed E-state index contributed by atoms with van der Waals surface area (Å²) in [4.78, 5) is 22.3. The van der Waals surface area contributed by atoms with Crippen molar-refractivity contribution in [3.63, 3.8) is 0 Å². The number of nitrogens with zero attached hydrogens (tertiary/aromatic N) is 1. The van der Waals surface area contributed by atoms with Gasteiger partial charge < -0.3 is 4.42 Å². The standard InChI is InChI=1S/C16H11NO4/c18-14(9-11-5-7-13(8-6-11)17(19)20)16-10-12-3-1-2-4-15(12)21-16/h1-8,10H,9H2. The van der Waals surface area contributed by atoms with Crippen LogP contribution in [0.4, 0.5) is 5.69 Å². The first-order valence-electron chi connectivity index (χ1n) is 6.38. The topological polar surface area (TPSA) is 73.3 Å². The maximum atomic E-state index is 12.2. The van der Waals surface area contributed by atoms with Crippen molar-refractivity contribution in [2.75, 3.05) is 0 Å². The Morgan fingerprint density at radius 3 is 2.48 bits per heavy atom. The molecule has 3 rings (SSSR count). The van der Waals surface area contributed by atoms with Gasteiger partial charge in [0.2, 0.25) is 5.78 Å². The fourth-order valence-electron chi connectivity index (χ4n) is 2.13. The summed E-state index contributed by atoms with van der Waals surface area (Å²) in [5.41, 5.74) is 1.39. The minimum Gasteiger partial charge on any atom is -0.453 e. The van der Waals surface area contributed by atoms with Gasteiger partial charge in [-0.3, -0.25) is 14.9 Å². The predicted octanol–water partition coefficient (Wildman–Crippen LogP) is 3.77. The van der Waals surface area contributed by atoms with Crippen LogP contribution in [0.15, 0.2) is 59.0 Å². The Hall–Kier alpha value is -2.95. The minimum atomic E-state index is -0.467. The Morgan fingerprint density at radius 1 is 1.10 bits per heavy atom. The van der Waals surface area contributed by atoms with Crippen molar-refractivity contribution in [1.29, 1.82) is 0 Å². The molecule has 0 bridgehead atoms. The van der Waals surface area contributed by atoms with Gasteiger partial charge in [-0.05, 0) is 17.7 Å².